The number of fused-ring (bicyclic) bond motifs is 1. The molecule has 2 amide bonds. The second-order valence-electron chi connectivity index (χ2n) is 8.83. The smallest absolute Gasteiger partial charge is 0.245 e. The lowest BCUT2D eigenvalue weighted by Gasteiger charge is -2.35. The van der Waals surface area contributed by atoms with Gasteiger partial charge < -0.3 is 18.8 Å². The number of hydrogen-bond acceptors (Lipinski definition) is 4. The van der Waals surface area contributed by atoms with Crippen molar-refractivity contribution >= 4 is 22.8 Å². The van der Waals surface area contributed by atoms with Gasteiger partial charge in [0.15, 0.2) is 0 Å². The van der Waals surface area contributed by atoms with Crippen molar-refractivity contribution in [2.24, 2.45) is 13.0 Å². The molecule has 2 heterocycles. The number of carbonyl (C=O) groups excluding carboxylic acids is 2. The average molecular weight is 439 g/mol. The molecule has 0 unspecified atom stereocenters. The van der Waals surface area contributed by atoms with E-state index in [1.54, 1.807) is 23.7 Å². The quantitative estimate of drug-likeness (QED) is 0.479. The molecular weight excluding hydrogens is 404 g/mol. The summed E-state index contributed by atoms with van der Waals surface area (Å²) in [4.78, 5) is 34.4. The van der Waals surface area contributed by atoms with Crippen LogP contribution in [-0.4, -0.2) is 50.3 Å². The Hall–Kier alpha value is -3.09. The summed E-state index contributed by atoms with van der Waals surface area (Å²) in [6.07, 6.45) is 6.43. The molecule has 0 radical (unpaired) electrons. The second kappa shape index (κ2) is 10.5. The number of aryl methyl sites for hydroxylation is 1. The van der Waals surface area contributed by atoms with Crippen molar-refractivity contribution in [1.29, 1.82) is 0 Å². The van der Waals surface area contributed by atoms with Crippen LogP contribution in [0.15, 0.2) is 47.5 Å². The standard InChI is InChI=1S/C25H34N4O3/c1-6-10-28(15-18(2)3)25(31)23(13-22-14-26-17-27(22)5)29(19(4)30)16-20-7-8-24-21(12-20)9-11-32-24/h7-9,11-12,14,17-18,23H,6,10,13,15-16H2,1-5H3/t23-/m0/s1. The van der Waals surface area contributed by atoms with Crippen LogP contribution >= 0.6 is 0 Å². The van der Waals surface area contributed by atoms with E-state index in [0.717, 1.165) is 28.6 Å². The van der Waals surface area contributed by atoms with Gasteiger partial charge in [-0.25, -0.2) is 4.98 Å². The lowest BCUT2D eigenvalue weighted by molar-refractivity contribution is -0.145. The molecular formula is C25H34N4O3. The normalized spacial score (nSPS) is 12.3. The fourth-order valence-electron chi connectivity index (χ4n) is 4.08. The lowest BCUT2D eigenvalue weighted by atomic mass is 10.0. The second-order valence-corrected chi connectivity index (χ2v) is 8.83. The summed E-state index contributed by atoms with van der Waals surface area (Å²) >= 11 is 0. The summed E-state index contributed by atoms with van der Waals surface area (Å²) in [6, 6.07) is 7.17. The van der Waals surface area contributed by atoms with Crippen molar-refractivity contribution in [3.8, 4) is 0 Å². The van der Waals surface area contributed by atoms with Crippen molar-refractivity contribution in [3.05, 3.63) is 54.3 Å². The summed E-state index contributed by atoms with van der Waals surface area (Å²) in [5.74, 6) is 0.206. The molecule has 3 rings (SSSR count). The van der Waals surface area contributed by atoms with Crippen LogP contribution < -0.4 is 0 Å². The average Bonchev–Trinajstić information content (AvgIpc) is 3.37. The van der Waals surface area contributed by atoms with Crippen LogP contribution in [0.25, 0.3) is 11.0 Å². The van der Waals surface area contributed by atoms with E-state index >= 15 is 0 Å². The summed E-state index contributed by atoms with van der Waals surface area (Å²) in [5.41, 5.74) is 2.68. The molecule has 2 aromatic heterocycles. The molecule has 32 heavy (non-hydrogen) atoms. The number of imidazole rings is 1. The highest BCUT2D eigenvalue weighted by molar-refractivity contribution is 5.87. The van der Waals surface area contributed by atoms with Crippen molar-refractivity contribution < 1.29 is 14.0 Å². The summed E-state index contributed by atoms with van der Waals surface area (Å²) < 4.78 is 7.34. The van der Waals surface area contributed by atoms with Gasteiger partial charge in [0.1, 0.15) is 11.6 Å². The molecule has 0 aliphatic heterocycles. The maximum atomic E-state index is 13.8. The molecule has 0 saturated heterocycles. The number of nitrogens with zero attached hydrogens (tertiary/aromatic N) is 4. The fraction of sp³-hybridized carbons (Fsp3) is 0.480. The number of benzene rings is 1. The molecule has 3 aromatic rings. The molecule has 7 nitrogen and oxygen atoms in total. The Balaban J connectivity index is 1.95. The molecule has 0 bridgehead atoms. The van der Waals surface area contributed by atoms with Crippen LogP contribution in [0.1, 0.15) is 45.4 Å². The van der Waals surface area contributed by atoms with Crippen molar-refractivity contribution in [3.63, 3.8) is 0 Å². The Morgan fingerprint density at radius 1 is 1.22 bits per heavy atom. The fourth-order valence-corrected chi connectivity index (χ4v) is 4.08. The number of carbonyl (C=O) groups is 2. The highest BCUT2D eigenvalue weighted by Gasteiger charge is 2.32. The first-order valence-electron chi connectivity index (χ1n) is 11.3. The summed E-state index contributed by atoms with van der Waals surface area (Å²) in [5, 5.41) is 0.980. The van der Waals surface area contributed by atoms with E-state index in [1.165, 1.54) is 6.92 Å². The van der Waals surface area contributed by atoms with Crippen LogP contribution in [0.4, 0.5) is 0 Å². The van der Waals surface area contributed by atoms with Gasteiger partial charge in [-0.1, -0.05) is 26.8 Å². The van der Waals surface area contributed by atoms with Gasteiger partial charge in [-0.2, -0.15) is 0 Å². The minimum absolute atomic E-state index is 0.0126. The van der Waals surface area contributed by atoms with Gasteiger partial charge in [-0.05, 0) is 36.1 Å². The predicted octanol–water partition coefficient (Wildman–Crippen LogP) is 4.02. The molecule has 0 N–H and O–H groups in total. The van der Waals surface area contributed by atoms with Gasteiger partial charge in [0, 0.05) is 57.3 Å². The highest BCUT2D eigenvalue weighted by Crippen LogP contribution is 2.21. The third-order valence-electron chi connectivity index (χ3n) is 5.65. The van der Waals surface area contributed by atoms with E-state index in [1.807, 2.05) is 40.8 Å². The number of rotatable bonds is 10. The molecule has 7 heteroatoms. The first-order chi connectivity index (χ1) is 15.3. The molecule has 1 aromatic carbocycles. The highest BCUT2D eigenvalue weighted by atomic mass is 16.3. The third kappa shape index (κ3) is 5.58. The Kier molecular flexibility index (Phi) is 7.72. The van der Waals surface area contributed by atoms with E-state index < -0.39 is 6.04 Å². The zero-order valence-corrected chi connectivity index (χ0v) is 19.7. The molecule has 0 fully saturated rings. The summed E-state index contributed by atoms with van der Waals surface area (Å²) in [7, 11) is 1.91. The first kappa shape index (κ1) is 23.6. The maximum Gasteiger partial charge on any atom is 0.245 e. The van der Waals surface area contributed by atoms with Crippen molar-refractivity contribution in [2.75, 3.05) is 13.1 Å². The summed E-state index contributed by atoms with van der Waals surface area (Å²) in [6.45, 7) is 9.51. The SMILES string of the molecule is CCCN(CC(C)C)C(=O)[C@H](Cc1cncn1C)N(Cc1ccc2occc2c1)C(C)=O. The third-order valence-corrected chi connectivity index (χ3v) is 5.65. The van der Waals surface area contributed by atoms with Crippen LogP contribution in [0, 0.1) is 5.92 Å². The zero-order valence-electron chi connectivity index (χ0n) is 19.7. The van der Waals surface area contributed by atoms with Crippen molar-refractivity contribution in [1.82, 2.24) is 19.4 Å². The lowest BCUT2D eigenvalue weighted by Crippen LogP contribution is -2.52. The van der Waals surface area contributed by atoms with E-state index in [2.05, 4.69) is 25.8 Å². The van der Waals surface area contributed by atoms with Gasteiger partial charge >= 0.3 is 0 Å². The Morgan fingerprint density at radius 3 is 2.62 bits per heavy atom. The Morgan fingerprint density at radius 2 is 2.00 bits per heavy atom. The predicted molar refractivity (Wildman–Crippen MR) is 125 cm³/mol. The van der Waals surface area contributed by atoms with E-state index in [0.29, 0.717) is 32.0 Å². The van der Waals surface area contributed by atoms with E-state index in [9.17, 15) is 9.59 Å². The molecule has 0 aliphatic carbocycles. The van der Waals surface area contributed by atoms with Gasteiger partial charge in [0.05, 0.1) is 12.6 Å². The zero-order chi connectivity index (χ0) is 23.3. The van der Waals surface area contributed by atoms with Gasteiger partial charge in [-0.3, -0.25) is 9.59 Å². The molecule has 1 atom stereocenters. The van der Waals surface area contributed by atoms with E-state index in [-0.39, 0.29) is 11.8 Å². The van der Waals surface area contributed by atoms with Gasteiger partial charge in [0.25, 0.3) is 0 Å². The minimum atomic E-state index is -0.603. The Bertz CT molecular complexity index is 1050. The number of aromatic nitrogens is 2. The van der Waals surface area contributed by atoms with E-state index in [4.69, 9.17) is 4.42 Å². The van der Waals surface area contributed by atoms with Crippen molar-refractivity contribution in [2.45, 2.75) is 53.1 Å². The first-order valence-corrected chi connectivity index (χ1v) is 11.3. The minimum Gasteiger partial charge on any atom is -0.464 e. The topological polar surface area (TPSA) is 71.6 Å². The molecule has 0 aliphatic rings. The molecule has 0 spiro atoms. The van der Waals surface area contributed by atoms with Crippen LogP contribution in [0.2, 0.25) is 0 Å². The maximum absolute atomic E-state index is 13.8. The van der Waals surface area contributed by atoms with Crippen LogP contribution in [0.3, 0.4) is 0 Å². The monoisotopic (exact) mass is 438 g/mol. The number of furan rings is 1. The Labute approximate surface area is 190 Å². The van der Waals surface area contributed by atoms with Crippen LogP contribution in [-0.2, 0) is 29.6 Å². The van der Waals surface area contributed by atoms with Gasteiger partial charge in [0.2, 0.25) is 11.8 Å². The number of amides is 2. The molecule has 172 valence electrons. The van der Waals surface area contributed by atoms with Crippen LogP contribution in [0.5, 0.6) is 0 Å². The molecule has 0 saturated carbocycles. The largest absolute Gasteiger partial charge is 0.464 e. The van der Waals surface area contributed by atoms with Gasteiger partial charge in [-0.15, -0.1) is 0 Å². The number of hydrogen-bond donors (Lipinski definition) is 0.